The number of esters is 4. The Kier molecular flexibility index (Phi) is 59.2. The number of unbranched alkanes of at least 4 members (excludes halogenated alkanes) is 39. The molecule has 0 bridgehead atoms. The number of carbonyl (C=O) groups excluding carboxylic acids is 4. The zero-order valence-corrected chi connectivity index (χ0v) is 57.2. The molecule has 0 fully saturated rings. The average Bonchev–Trinajstić information content (AvgIpc) is 3.65. The molecule has 0 rings (SSSR count). The maximum Gasteiger partial charge on any atom is 0.472 e. The van der Waals surface area contributed by atoms with Gasteiger partial charge in [0.1, 0.15) is 19.3 Å². The van der Waals surface area contributed by atoms with Gasteiger partial charge in [0.15, 0.2) is 12.2 Å². The van der Waals surface area contributed by atoms with Crippen LogP contribution in [-0.4, -0.2) is 96.7 Å². The van der Waals surface area contributed by atoms with Crippen LogP contribution < -0.4 is 0 Å². The molecule has 86 heavy (non-hydrogen) atoms. The molecule has 17 nitrogen and oxygen atoms in total. The Hall–Kier alpha value is -1.94. The summed E-state index contributed by atoms with van der Waals surface area (Å²) >= 11 is 0. The zero-order valence-electron chi connectivity index (χ0n) is 55.4. The third-order valence-electron chi connectivity index (χ3n) is 15.5. The first-order valence-electron chi connectivity index (χ1n) is 35.1. The lowest BCUT2D eigenvalue weighted by atomic mass is 10.0. The normalized spacial score (nSPS) is 14.2. The molecule has 5 atom stereocenters. The molecule has 0 aliphatic rings. The van der Waals surface area contributed by atoms with E-state index < -0.39 is 97.5 Å². The van der Waals surface area contributed by atoms with Crippen molar-refractivity contribution in [1.82, 2.24) is 0 Å². The van der Waals surface area contributed by atoms with Gasteiger partial charge in [0.2, 0.25) is 0 Å². The van der Waals surface area contributed by atoms with E-state index in [1.54, 1.807) is 0 Å². The second kappa shape index (κ2) is 60.6. The summed E-state index contributed by atoms with van der Waals surface area (Å²) in [5, 5.41) is 10.6. The molecule has 510 valence electrons. The highest BCUT2D eigenvalue weighted by atomic mass is 31.2. The molecule has 0 aromatic heterocycles. The van der Waals surface area contributed by atoms with Gasteiger partial charge in [-0.25, -0.2) is 9.13 Å². The maximum absolute atomic E-state index is 13.0. The number of aliphatic hydroxyl groups excluding tert-OH is 1. The van der Waals surface area contributed by atoms with E-state index in [0.29, 0.717) is 25.7 Å². The first-order valence-corrected chi connectivity index (χ1v) is 38.1. The SMILES string of the molecule is CCCCCCCCCCCCCC(=O)OC[C@H](COP(=O)(O)OC[C@@H](O)COP(=O)(O)OC[C@@H](COC(=O)CCCCCCCCCC)OC(=O)CCCCCCCCCCCCC)OC(=O)CCCCCCCCCCCCCCCC(C)C. The van der Waals surface area contributed by atoms with E-state index in [-0.39, 0.29) is 25.7 Å². The lowest BCUT2D eigenvalue weighted by molar-refractivity contribution is -0.161. The van der Waals surface area contributed by atoms with Crippen molar-refractivity contribution in [3.63, 3.8) is 0 Å². The molecule has 0 heterocycles. The van der Waals surface area contributed by atoms with E-state index >= 15 is 0 Å². The molecule has 0 spiro atoms. The van der Waals surface area contributed by atoms with E-state index in [1.807, 2.05) is 0 Å². The summed E-state index contributed by atoms with van der Waals surface area (Å²) in [6, 6.07) is 0. The first kappa shape index (κ1) is 84.1. The Morgan fingerprint density at radius 2 is 0.535 bits per heavy atom. The highest BCUT2D eigenvalue weighted by Crippen LogP contribution is 2.45. The number of phosphoric acid groups is 2. The maximum atomic E-state index is 13.0. The van der Waals surface area contributed by atoms with Crippen LogP contribution in [0.4, 0.5) is 0 Å². The molecule has 19 heteroatoms. The minimum absolute atomic E-state index is 0.107. The molecule has 0 aliphatic heterocycles. The first-order chi connectivity index (χ1) is 41.5. The number of carbonyl (C=O) groups is 4. The highest BCUT2D eigenvalue weighted by Gasteiger charge is 2.30. The lowest BCUT2D eigenvalue weighted by Gasteiger charge is -2.21. The highest BCUT2D eigenvalue weighted by molar-refractivity contribution is 7.47. The van der Waals surface area contributed by atoms with Gasteiger partial charge in [0, 0.05) is 25.7 Å². The van der Waals surface area contributed by atoms with Crippen LogP contribution >= 0.6 is 15.6 Å². The fourth-order valence-electron chi connectivity index (χ4n) is 10.1. The summed E-state index contributed by atoms with van der Waals surface area (Å²) in [7, 11) is -9.89. The van der Waals surface area contributed by atoms with Gasteiger partial charge in [-0.3, -0.25) is 37.3 Å². The van der Waals surface area contributed by atoms with Gasteiger partial charge in [-0.2, -0.15) is 0 Å². The van der Waals surface area contributed by atoms with Crippen molar-refractivity contribution >= 4 is 39.5 Å². The van der Waals surface area contributed by atoms with E-state index in [9.17, 15) is 43.2 Å². The van der Waals surface area contributed by atoms with Crippen molar-refractivity contribution in [2.45, 2.75) is 361 Å². The number of hydrogen-bond donors (Lipinski definition) is 3. The van der Waals surface area contributed by atoms with Gasteiger partial charge < -0.3 is 33.8 Å². The van der Waals surface area contributed by atoms with Crippen LogP contribution in [-0.2, 0) is 65.4 Å². The summed E-state index contributed by atoms with van der Waals surface area (Å²) < 4.78 is 68.1. The van der Waals surface area contributed by atoms with Crippen molar-refractivity contribution in [2.24, 2.45) is 5.92 Å². The summed E-state index contributed by atoms with van der Waals surface area (Å²) in [6.45, 7) is 7.21. The predicted octanol–water partition coefficient (Wildman–Crippen LogP) is 19.0. The molecule has 0 radical (unpaired) electrons. The summed E-state index contributed by atoms with van der Waals surface area (Å²) in [5.41, 5.74) is 0. The molecule has 3 N–H and O–H groups in total. The van der Waals surface area contributed by atoms with Crippen molar-refractivity contribution in [1.29, 1.82) is 0 Å². The number of hydrogen-bond acceptors (Lipinski definition) is 15. The van der Waals surface area contributed by atoms with Gasteiger partial charge in [0.25, 0.3) is 0 Å². The van der Waals surface area contributed by atoms with E-state index in [0.717, 1.165) is 102 Å². The molecular formula is C67H130O17P2. The third-order valence-corrected chi connectivity index (χ3v) is 17.4. The van der Waals surface area contributed by atoms with Crippen LogP contribution in [0.3, 0.4) is 0 Å². The second-order valence-corrected chi connectivity index (χ2v) is 27.6. The van der Waals surface area contributed by atoms with Crippen LogP contribution in [0.25, 0.3) is 0 Å². The van der Waals surface area contributed by atoms with Crippen molar-refractivity contribution in [2.75, 3.05) is 39.6 Å². The van der Waals surface area contributed by atoms with Crippen molar-refractivity contribution in [3.05, 3.63) is 0 Å². The quantitative estimate of drug-likeness (QED) is 0.0222. The predicted molar refractivity (Wildman–Crippen MR) is 345 cm³/mol. The summed E-state index contributed by atoms with van der Waals surface area (Å²) in [4.78, 5) is 72.3. The van der Waals surface area contributed by atoms with Crippen LogP contribution in [0, 0.1) is 5.92 Å². The van der Waals surface area contributed by atoms with Crippen molar-refractivity contribution in [3.8, 4) is 0 Å². The number of rotatable bonds is 67. The van der Waals surface area contributed by atoms with Gasteiger partial charge >= 0.3 is 39.5 Å². The smallest absolute Gasteiger partial charge is 0.462 e. The molecular weight excluding hydrogens is 1140 g/mol. The van der Waals surface area contributed by atoms with Crippen LogP contribution in [0.2, 0.25) is 0 Å². The minimum atomic E-state index is -4.95. The van der Waals surface area contributed by atoms with Crippen LogP contribution in [0.15, 0.2) is 0 Å². The summed E-state index contributed by atoms with van der Waals surface area (Å²) in [5.74, 6) is -1.34. The van der Waals surface area contributed by atoms with E-state index in [1.165, 1.54) is 161 Å². The van der Waals surface area contributed by atoms with Crippen LogP contribution in [0.1, 0.15) is 343 Å². The fraction of sp³-hybridized carbons (Fsp3) is 0.940. The van der Waals surface area contributed by atoms with Gasteiger partial charge in [-0.15, -0.1) is 0 Å². The van der Waals surface area contributed by atoms with E-state index in [4.69, 9.17) is 37.0 Å². The van der Waals surface area contributed by atoms with Gasteiger partial charge in [-0.05, 0) is 31.6 Å². The number of phosphoric ester groups is 2. The Labute approximate surface area is 524 Å². The Balaban J connectivity index is 5.21. The molecule has 0 aromatic rings. The Bertz CT molecular complexity index is 1670. The minimum Gasteiger partial charge on any atom is -0.462 e. The Morgan fingerprint density at radius 3 is 0.791 bits per heavy atom. The average molecular weight is 1270 g/mol. The van der Waals surface area contributed by atoms with E-state index in [2.05, 4.69) is 34.6 Å². The van der Waals surface area contributed by atoms with Gasteiger partial charge in [0.05, 0.1) is 26.4 Å². The Morgan fingerprint density at radius 1 is 0.314 bits per heavy atom. The molecule has 0 aliphatic carbocycles. The topological polar surface area (TPSA) is 237 Å². The number of ether oxygens (including phenoxy) is 4. The second-order valence-electron chi connectivity index (χ2n) is 24.7. The van der Waals surface area contributed by atoms with Crippen LogP contribution in [0.5, 0.6) is 0 Å². The molecule has 0 saturated carbocycles. The third kappa shape index (κ3) is 60.9. The standard InChI is InChI=1S/C67H130O17P2/c1-6-9-12-15-18-21-26-31-36-41-46-51-65(70)78-57-63(84-67(72)53-48-43-38-33-29-25-23-24-28-30-34-39-44-49-60(4)5)59-82-86(75,76)80-55-61(68)54-79-85(73,74)81-58-62(56-77-64(69)50-45-40-35-20-17-14-11-8-3)83-66(71)52-47-42-37-32-27-22-19-16-13-10-7-2/h60-63,68H,6-59H2,1-5H3,(H,73,74)(H,75,76)/t61-,62+,63+/m0/s1. The van der Waals surface area contributed by atoms with Gasteiger partial charge in [-0.1, -0.05) is 291 Å². The van der Waals surface area contributed by atoms with Crippen molar-refractivity contribution < 1.29 is 80.2 Å². The molecule has 2 unspecified atom stereocenters. The fourth-order valence-corrected chi connectivity index (χ4v) is 11.7. The lowest BCUT2D eigenvalue weighted by Crippen LogP contribution is -2.30. The number of aliphatic hydroxyl groups is 1. The molecule has 0 saturated heterocycles. The summed E-state index contributed by atoms with van der Waals surface area (Å²) in [6.07, 6.45) is 45.7. The molecule has 0 aromatic carbocycles. The largest absolute Gasteiger partial charge is 0.472 e. The zero-order chi connectivity index (χ0) is 63.5. The molecule has 0 amide bonds. The monoisotopic (exact) mass is 1270 g/mol.